The lowest BCUT2D eigenvalue weighted by molar-refractivity contribution is -0.120. The lowest BCUT2D eigenvalue weighted by atomic mass is 10.2. The fourth-order valence-corrected chi connectivity index (χ4v) is 0.897. The molecule has 0 bridgehead atoms. The van der Waals surface area contributed by atoms with Crippen molar-refractivity contribution < 1.29 is 4.79 Å². The van der Waals surface area contributed by atoms with Crippen LogP contribution in [0.2, 0.25) is 0 Å². The molecule has 0 aromatic rings. The van der Waals surface area contributed by atoms with E-state index in [-0.39, 0.29) is 30.4 Å². The highest BCUT2D eigenvalue weighted by atomic mass is 35.5. The number of hydrogen-bond acceptors (Lipinski definition) is 2. The summed E-state index contributed by atoms with van der Waals surface area (Å²) in [6.45, 7) is 1.95. The summed E-state index contributed by atoms with van der Waals surface area (Å²) in [5, 5.41) is 2.70. The average molecular weight is 151 g/mol. The summed E-state index contributed by atoms with van der Waals surface area (Å²) in [5.41, 5.74) is 5.36. The normalized spacial score (nSPS) is 33.3. The van der Waals surface area contributed by atoms with Gasteiger partial charge in [-0.05, 0) is 13.3 Å². The average Bonchev–Trinajstić information content (AvgIpc) is 1.85. The van der Waals surface area contributed by atoms with Crippen molar-refractivity contribution in [3.05, 3.63) is 0 Å². The molecule has 1 aliphatic rings. The third-order valence-electron chi connectivity index (χ3n) is 1.33. The first-order valence-electron chi connectivity index (χ1n) is 2.76. The van der Waals surface area contributed by atoms with Gasteiger partial charge in [0.25, 0.3) is 0 Å². The van der Waals surface area contributed by atoms with Gasteiger partial charge in [-0.3, -0.25) is 4.79 Å². The smallest absolute Gasteiger partial charge is 0.237 e. The van der Waals surface area contributed by atoms with Gasteiger partial charge in [0.05, 0.1) is 6.04 Å². The maximum absolute atomic E-state index is 10.5. The van der Waals surface area contributed by atoms with Gasteiger partial charge in [0, 0.05) is 6.04 Å². The molecule has 1 aliphatic heterocycles. The Balaban J connectivity index is 0.000000640. The molecule has 4 heteroatoms. The molecule has 54 valence electrons. The maximum Gasteiger partial charge on any atom is 0.237 e. The van der Waals surface area contributed by atoms with Crippen molar-refractivity contribution in [1.29, 1.82) is 0 Å². The van der Waals surface area contributed by atoms with Crippen molar-refractivity contribution in [2.75, 3.05) is 0 Å². The van der Waals surface area contributed by atoms with Gasteiger partial charge in [0.1, 0.15) is 0 Å². The van der Waals surface area contributed by atoms with E-state index in [9.17, 15) is 4.79 Å². The molecule has 0 aromatic carbocycles. The van der Waals surface area contributed by atoms with Gasteiger partial charge < -0.3 is 11.1 Å². The van der Waals surface area contributed by atoms with Crippen LogP contribution in [0.4, 0.5) is 0 Å². The fourth-order valence-electron chi connectivity index (χ4n) is 0.897. The first-order valence-corrected chi connectivity index (χ1v) is 2.76. The Morgan fingerprint density at radius 2 is 2.33 bits per heavy atom. The van der Waals surface area contributed by atoms with Crippen LogP contribution in [0.5, 0.6) is 0 Å². The first kappa shape index (κ1) is 8.72. The van der Waals surface area contributed by atoms with E-state index >= 15 is 0 Å². The van der Waals surface area contributed by atoms with Crippen LogP contribution in [0.15, 0.2) is 0 Å². The SMILES string of the molecule is C[C@@H]1C[C@H](N)C(=O)N1.Cl. The van der Waals surface area contributed by atoms with E-state index in [1.54, 1.807) is 0 Å². The molecule has 0 saturated carbocycles. The fraction of sp³-hybridized carbons (Fsp3) is 0.800. The molecule has 0 aliphatic carbocycles. The highest BCUT2D eigenvalue weighted by molar-refractivity contribution is 5.85. The second-order valence-corrected chi connectivity index (χ2v) is 2.25. The summed E-state index contributed by atoms with van der Waals surface area (Å²) in [6, 6.07) is 0.0162. The molecular formula is C5H11ClN2O. The Hall–Kier alpha value is -0.280. The molecular weight excluding hydrogens is 140 g/mol. The number of halogens is 1. The number of amides is 1. The Morgan fingerprint density at radius 1 is 1.78 bits per heavy atom. The summed E-state index contributed by atoms with van der Waals surface area (Å²) in [5.74, 6) is -0.0162. The van der Waals surface area contributed by atoms with E-state index in [0.29, 0.717) is 0 Å². The van der Waals surface area contributed by atoms with Crippen molar-refractivity contribution in [3.8, 4) is 0 Å². The number of nitrogens with one attached hydrogen (secondary N) is 1. The van der Waals surface area contributed by atoms with Gasteiger partial charge in [0.2, 0.25) is 5.91 Å². The highest BCUT2D eigenvalue weighted by Crippen LogP contribution is 2.03. The molecule has 0 unspecified atom stereocenters. The molecule has 0 aromatic heterocycles. The summed E-state index contributed by atoms with van der Waals surface area (Å²) in [6.07, 6.45) is 0.777. The van der Waals surface area contributed by atoms with Crippen molar-refractivity contribution in [2.24, 2.45) is 5.73 Å². The predicted molar refractivity (Wildman–Crippen MR) is 37.4 cm³/mol. The Bertz CT molecular complexity index is 118. The third-order valence-corrected chi connectivity index (χ3v) is 1.33. The summed E-state index contributed by atoms with van der Waals surface area (Å²) in [4.78, 5) is 10.5. The third kappa shape index (κ3) is 1.84. The summed E-state index contributed by atoms with van der Waals surface area (Å²) in [7, 11) is 0. The van der Waals surface area contributed by atoms with E-state index in [0.717, 1.165) is 6.42 Å². The van der Waals surface area contributed by atoms with Gasteiger partial charge in [-0.2, -0.15) is 0 Å². The number of carbonyl (C=O) groups excluding carboxylic acids is 1. The number of rotatable bonds is 0. The topological polar surface area (TPSA) is 55.1 Å². The quantitative estimate of drug-likeness (QED) is 0.496. The van der Waals surface area contributed by atoms with Crippen LogP contribution in [-0.2, 0) is 4.79 Å². The monoisotopic (exact) mass is 150 g/mol. The van der Waals surface area contributed by atoms with Crippen LogP contribution in [0.3, 0.4) is 0 Å². The van der Waals surface area contributed by atoms with Crippen LogP contribution in [0, 0.1) is 0 Å². The molecule has 1 saturated heterocycles. The van der Waals surface area contributed by atoms with Crippen LogP contribution >= 0.6 is 12.4 Å². The molecule has 2 atom stereocenters. The van der Waals surface area contributed by atoms with Crippen molar-refractivity contribution in [1.82, 2.24) is 5.32 Å². The zero-order chi connectivity index (χ0) is 6.15. The predicted octanol–water partition coefficient (Wildman–Crippen LogP) is -0.356. The number of carbonyl (C=O) groups is 1. The van der Waals surface area contributed by atoms with Crippen LogP contribution in [0.25, 0.3) is 0 Å². The summed E-state index contributed by atoms with van der Waals surface area (Å²) >= 11 is 0. The molecule has 1 heterocycles. The highest BCUT2D eigenvalue weighted by Gasteiger charge is 2.24. The maximum atomic E-state index is 10.5. The molecule has 9 heavy (non-hydrogen) atoms. The Kier molecular flexibility index (Phi) is 2.94. The van der Waals surface area contributed by atoms with Crippen LogP contribution in [-0.4, -0.2) is 18.0 Å². The molecule has 3 nitrogen and oxygen atoms in total. The molecule has 1 rings (SSSR count). The Labute approximate surface area is 60.4 Å². The van der Waals surface area contributed by atoms with Crippen LogP contribution in [0.1, 0.15) is 13.3 Å². The van der Waals surface area contributed by atoms with E-state index < -0.39 is 0 Å². The minimum Gasteiger partial charge on any atom is -0.352 e. The van der Waals surface area contributed by atoms with Crippen molar-refractivity contribution in [2.45, 2.75) is 25.4 Å². The van der Waals surface area contributed by atoms with Crippen LogP contribution < -0.4 is 11.1 Å². The second kappa shape index (κ2) is 3.03. The zero-order valence-electron chi connectivity index (χ0n) is 5.26. The number of hydrogen-bond donors (Lipinski definition) is 2. The molecule has 0 radical (unpaired) electrons. The lowest BCUT2D eigenvalue weighted by Gasteiger charge is -1.95. The lowest BCUT2D eigenvalue weighted by Crippen LogP contribution is -2.30. The molecule has 0 spiro atoms. The van der Waals surface area contributed by atoms with Crippen molar-refractivity contribution >= 4 is 18.3 Å². The Morgan fingerprint density at radius 3 is 2.44 bits per heavy atom. The van der Waals surface area contributed by atoms with E-state index in [1.807, 2.05) is 6.92 Å². The van der Waals surface area contributed by atoms with Gasteiger partial charge in [-0.25, -0.2) is 0 Å². The minimum atomic E-state index is -0.259. The van der Waals surface area contributed by atoms with E-state index in [2.05, 4.69) is 5.32 Å². The van der Waals surface area contributed by atoms with Gasteiger partial charge >= 0.3 is 0 Å². The van der Waals surface area contributed by atoms with E-state index in [4.69, 9.17) is 5.73 Å². The molecule has 3 N–H and O–H groups in total. The first-order chi connectivity index (χ1) is 3.70. The molecule has 1 fully saturated rings. The molecule has 1 amide bonds. The van der Waals surface area contributed by atoms with E-state index in [1.165, 1.54) is 0 Å². The standard InChI is InChI=1S/C5H10N2O.ClH/c1-3-2-4(6)5(8)7-3;/h3-4H,2,6H2,1H3,(H,7,8);1H/t3-,4+;/m1./s1. The minimum absolute atomic E-state index is 0. The zero-order valence-corrected chi connectivity index (χ0v) is 6.07. The number of nitrogens with two attached hydrogens (primary N) is 1. The largest absolute Gasteiger partial charge is 0.352 e. The van der Waals surface area contributed by atoms with Gasteiger partial charge in [-0.1, -0.05) is 0 Å². The van der Waals surface area contributed by atoms with Gasteiger partial charge in [-0.15, -0.1) is 12.4 Å². The van der Waals surface area contributed by atoms with Gasteiger partial charge in [0.15, 0.2) is 0 Å². The second-order valence-electron chi connectivity index (χ2n) is 2.25. The summed E-state index contributed by atoms with van der Waals surface area (Å²) < 4.78 is 0. The van der Waals surface area contributed by atoms with Crippen molar-refractivity contribution in [3.63, 3.8) is 0 Å².